The smallest absolute Gasteiger partial charge is 0.311 e. The fraction of sp³-hybridized carbons (Fsp3) is 0.500. The number of benzene rings is 1. The van der Waals surface area contributed by atoms with Crippen molar-refractivity contribution in [1.82, 2.24) is 0 Å². The van der Waals surface area contributed by atoms with Crippen LogP contribution in [0.1, 0.15) is 41.5 Å². The third-order valence-corrected chi connectivity index (χ3v) is 3.65. The molecule has 2 aliphatic rings. The summed E-state index contributed by atoms with van der Waals surface area (Å²) in [5, 5.41) is 18.0. The second-order valence-corrected chi connectivity index (χ2v) is 7.64. The number of hydrogen-bond acceptors (Lipinski definition) is 2. The Morgan fingerprint density at radius 2 is 1.67 bits per heavy atom. The van der Waals surface area contributed by atoms with Gasteiger partial charge in [0.2, 0.25) is 0 Å². The number of hydrogen-bond donors (Lipinski definition) is 2. The monoisotopic (exact) mass is 290 g/mol. The number of carbonyl (C=O) groups is 1. The van der Waals surface area contributed by atoms with E-state index < -0.39 is 11.9 Å². The number of carboxylic acid groups (broad SMARTS) is 1. The molecule has 0 saturated heterocycles. The fourth-order valence-electron chi connectivity index (χ4n) is 2.21. The Morgan fingerprint density at radius 1 is 1.14 bits per heavy atom. The third-order valence-electron chi connectivity index (χ3n) is 3.65. The molecule has 0 heterocycles. The first-order chi connectivity index (χ1) is 9.35. The van der Waals surface area contributed by atoms with Crippen molar-refractivity contribution in [1.29, 1.82) is 0 Å². The Morgan fingerprint density at radius 3 is 1.76 bits per heavy atom. The Bertz CT molecular complexity index is 557. The van der Waals surface area contributed by atoms with Crippen molar-refractivity contribution < 1.29 is 15.0 Å². The van der Waals surface area contributed by atoms with Gasteiger partial charge in [-0.25, -0.2) is 0 Å². The molecule has 0 fully saturated rings. The summed E-state index contributed by atoms with van der Waals surface area (Å²) in [6.45, 7) is 15.7. The van der Waals surface area contributed by atoms with Crippen LogP contribution >= 0.6 is 0 Å². The molecule has 0 aromatic heterocycles. The van der Waals surface area contributed by atoms with Crippen molar-refractivity contribution in [2.24, 2.45) is 16.7 Å². The number of rotatable bonds is 2. The lowest BCUT2D eigenvalue weighted by Gasteiger charge is -2.35. The molecular formula is C18H26O3. The SMILES string of the molecule is C=C(C(C(=O)O)C(C)(C)C)C(C)(C)C.Oc1ccc2cc1-2. The predicted octanol–water partition coefficient (Wildman–Crippen LogP) is 4.71. The van der Waals surface area contributed by atoms with E-state index in [0.717, 1.165) is 11.1 Å². The van der Waals surface area contributed by atoms with E-state index in [1.807, 2.05) is 53.7 Å². The van der Waals surface area contributed by atoms with Crippen LogP contribution in [0.5, 0.6) is 5.75 Å². The van der Waals surface area contributed by atoms with E-state index in [-0.39, 0.29) is 10.8 Å². The summed E-state index contributed by atoms with van der Waals surface area (Å²) in [5.41, 5.74) is 2.57. The first-order valence-corrected chi connectivity index (χ1v) is 7.11. The molecule has 0 amide bonds. The number of phenols is 1. The number of carboxylic acids is 1. The molecule has 3 heteroatoms. The zero-order chi connectivity index (χ0) is 16.6. The van der Waals surface area contributed by atoms with Gasteiger partial charge in [0.15, 0.2) is 0 Å². The van der Waals surface area contributed by atoms with Gasteiger partial charge in [-0.2, -0.15) is 0 Å². The highest BCUT2D eigenvalue weighted by atomic mass is 16.4. The van der Waals surface area contributed by atoms with Crippen molar-refractivity contribution >= 4 is 5.97 Å². The molecule has 2 N–H and O–H groups in total. The normalized spacial score (nSPS) is 13.8. The predicted molar refractivity (Wildman–Crippen MR) is 86.3 cm³/mol. The largest absolute Gasteiger partial charge is 0.507 e. The Hall–Kier alpha value is -1.77. The first-order valence-electron chi connectivity index (χ1n) is 7.11. The zero-order valence-electron chi connectivity index (χ0n) is 13.8. The van der Waals surface area contributed by atoms with Crippen LogP contribution in [0.3, 0.4) is 0 Å². The van der Waals surface area contributed by atoms with E-state index in [1.165, 1.54) is 5.56 Å². The second-order valence-electron chi connectivity index (χ2n) is 7.64. The average molecular weight is 290 g/mol. The van der Waals surface area contributed by atoms with Crippen LogP contribution in [0.25, 0.3) is 11.1 Å². The molecule has 0 saturated carbocycles. The lowest BCUT2D eigenvalue weighted by atomic mass is 9.69. The number of aromatic hydroxyl groups is 1. The van der Waals surface area contributed by atoms with Gasteiger partial charge in [0.05, 0.1) is 5.92 Å². The molecule has 2 aliphatic carbocycles. The van der Waals surface area contributed by atoms with Crippen LogP contribution < -0.4 is 0 Å². The standard InChI is InChI=1S/C12H22O2.C6H4O/c1-8(11(2,3)4)9(10(13)14)12(5,6)7;7-6-2-1-4-3-5(4)6/h9H,1H2,2-7H3,(H,13,14);1-3,7H. The highest BCUT2D eigenvalue weighted by Gasteiger charge is 2.37. The molecule has 1 atom stereocenters. The average Bonchev–Trinajstić information content (AvgIpc) is 2.95. The minimum Gasteiger partial charge on any atom is -0.507 e. The highest BCUT2D eigenvalue weighted by molar-refractivity contribution is 5.86. The molecule has 0 radical (unpaired) electrons. The molecule has 0 spiro atoms. The van der Waals surface area contributed by atoms with Crippen LogP contribution in [-0.2, 0) is 4.79 Å². The van der Waals surface area contributed by atoms with Gasteiger partial charge in [0.1, 0.15) is 5.75 Å². The third kappa shape index (κ3) is 4.35. The molecule has 0 aliphatic heterocycles. The van der Waals surface area contributed by atoms with E-state index in [9.17, 15) is 9.90 Å². The Kier molecular flexibility index (Phi) is 4.57. The summed E-state index contributed by atoms with van der Waals surface area (Å²) >= 11 is 0. The van der Waals surface area contributed by atoms with Gasteiger partial charge in [0.25, 0.3) is 0 Å². The van der Waals surface area contributed by atoms with Gasteiger partial charge in [-0.05, 0) is 28.5 Å². The molecule has 21 heavy (non-hydrogen) atoms. The van der Waals surface area contributed by atoms with Crippen molar-refractivity contribution in [3.63, 3.8) is 0 Å². The maximum absolute atomic E-state index is 11.2. The van der Waals surface area contributed by atoms with Crippen molar-refractivity contribution in [3.05, 3.63) is 30.4 Å². The maximum atomic E-state index is 11.2. The number of fused-ring (bicyclic) bond motifs is 1. The minimum atomic E-state index is -0.780. The summed E-state index contributed by atoms with van der Waals surface area (Å²) in [5.74, 6) is -0.838. The van der Waals surface area contributed by atoms with E-state index in [2.05, 4.69) is 6.58 Å². The van der Waals surface area contributed by atoms with Crippen LogP contribution in [0.15, 0.2) is 30.4 Å². The summed E-state index contributed by atoms with van der Waals surface area (Å²) in [4.78, 5) is 11.2. The molecule has 116 valence electrons. The molecule has 0 bridgehead atoms. The van der Waals surface area contributed by atoms with E-state index in [1.54, 1.807) is 6.07 Å². The van der Waals surface area contributed by atoms with Crippen molar-refractivity contribution in [2.45, 2.75) is 41.5 Å². The zero-order valence-corrected chi connectivity index (χ0v) is 13.8. The van der Waals surface area contributed by atoms with E-state index >= 15 is 0 Å². The van der Waals surface area contributed by atoms with Crippen molar-refractivity contribution in [2.75, 3.05) is 0 Å². The Labute approximate surface area is 127 Å². The highest BCUT2D eigenvalue weighted by Crippen LogP contribution is 2.42. The molecule has 3 nitrogen and oxygen atoms in total. The summed E-state index contributed by atoms with van der Waals surface area (Å²) in [6, 6.07) is 5.57. The summed E-state index contributed by atoms with van der Waals surface area (Å²) < 4.78 is 0. The van der Waals surface area contributed by atoms with Crippen LogP contribution in [-0.4, -0.2) is 16.2 Å². The Balaban J connectivity index is 0.000000255. The van der Waals surface area contributed by atoms with Gasteiger partial charge >= 0.3 is 5.97 Å². The number of aliphatic carboxylic acids is 1. The van der Waals surface area contributed by atoms with Crippen molar-refractivity contribution in [3.8, 4) is 16.9 Å². The van der Waals surface area contributed by atoms with Gasteiger partial charge < -0.3 is 10.2 Å². The molecule has 2 rings (SSSR count). The molecule has 0 aromatic rings. The molecular weight excluding hydrogens is 264 g/mol. The van der Waals surface area contributed by atoms with Gasteiger partial charge in [-0.15, -0.1) is 0 Å². The first kappa shape index (κ1) is 17.3. The lowest BCUT2D eigenvalue weighted by Crippen LogP contribution is -2.34. The quantitative estimate of drug-likeness (QED) is 0.788. The van der Waals surface area contributed by atoms with Gasteiger partial charge in [-0.3, -0.25) is 4.79 Å². The number of phenolic OH excluding ortho intramolecular Hbond substituents is 1. The van der Waals surface area contributed by atoms with Gasteiger partial charge in [0, 0.05) is 5.56 Å². The summed E-state index contributed by atoms with van der Waals surface area (Å²) in [6.07, 6.45) is 0. The van der Waals surface area contributed by atoms with Crippen LogP contribution in [0.4, 0.5) is 0 Å². The van der Waals surface area contributed by atoms with Crippen LogP contribution in [0, 0.1) is 16.7 Å². The minimum absolute atomic E-state index is 0.156. The van der Waals surface area contributed by atoms with E-state index in [0.29, 0.717) is 5.75 Å². The summed E-state index contributed by atoms with van der Waals surface area (Å²) in [7, 11) is 0. The fourth-order valence-corrected chi connectivity index (χ4v) is 2.21. The maximum Gasteiger partial charge on any atom is 0.311 e. The molecule has 1 unspecified atom stereocenters. The molecule has 0 aromatic carbocycles. The van der Waals surface area contributed by atoms with E-state index in [4.69, 9.17) is 5.11 Å². The second kappa shape index (κ2) is 5.55. The topological polar surface area (TPSA) is 57.5 Å². The lowest BCUT2D eigenvalue weighted by molar-refractivity contribution is -0.144. The van der Waals surface area contributed by atoms with Gasteiger partial charge in [-0.1, -0.05) is 59.8 Å². The van der Waals surface area contributed by atoms with Crippen LogP contribution in [0.2, 0.25) is 0 Å².